The Morgan fingerprint density at radius 2 is 2.00 bits per heavy atom. The van der Waals surface area contributed by atoms with Gasteiger partial charge in [-0.2, -0.15) is 0 Å². The van der Waals surface area contributed by atoms with E-state index in [-0.39, 0.29) is 11.4 Å². The molecule has 0 aliphatic rings. The molecule has 2 N–H and O–H groups in total. The van der Waals surface area contributed by atoms with Crippen molar-refractivity contribution in [3.8, 4) is 5.75 Å². The molecule has 1 atom stereocenters. The number of ether oxygens (including phenoxy) is 1. The highest BCUT2D eigenvalue weighted by atomic mass is 32.2. The molecule has 2 aromatic rings. The minimum absolute atomic E-state index is 0.0604. The molecular weight excluding hydrogens is 322 g/mol. The molecule has 0 unspecified atom stereocenters. The summed E-state index contributed by atoms with van der Waals surface area (Å²) in [5, 5.41) is 12.0. The van der Waals surface area contributed by atoms with Gasteiger partial charge in [0.15, 0.2) is 0 Å². The molecule has 0 saturated heterocycles. The first kappa shape index (κ1) is 17.0. The van der Waals surface area contributed by atoms with E-state index in [2.05, 4.69) is 4.72 Å². The van der Waals surface area contributed by atoms with Gasteiger partial charge in [0.25, 0.3) is 0 Å². The predicted molar refractivity (Wildman–Crippen MR) is 86.9 cm³/mol. The van der Waals surface area contributed by atoms with Crippen molar-refractivity contribution in [1.29, 1.82) is 0 Å². The van der Waals surface area contributed by atoms with Crippen molar-refractivity contribution in [3.05, 3.63) is 45.6 Å². The fourth-order valence-corrected chi connectivity index (χ4v) is 4.31. The van der Waals surface area contributed by atoms with Crippen molar-refractivity contribution in [2.24, 2.45) is 0 Å². The van der Waals surface area contributed by atoms with Crippen molar-refractivity contribution in [2.45, 2.75) is 24.8 Å². The van der Waals surface area contributed by atoms with Crippen molar-refractivity contribution >= 4 is 21.4 Å². The van der Waals surface area contributed by atoms with Crippen LogP contribution in [0.1, 0.15) is 22.1 Å². The zero-order chi connectivity index (χ0) is 16.3. The number of sulfonamides is 1. The molecule has 0 bridgehead atoms. The van der Waals surface area contributed by atoms with Crippen LogP contribution in [0.3, 0.4) is 0 Å². The van der Waals surface area contributed by atoms with Gasteiger partial charge in [0.1, 0.15) is 11.9 Å². The zero-order valence-electron chi connectivity index (χ0n) is 12.7. The maximum atomic E-state index is 12.4. The molecule has 1 aromatic heterocycles. The monoisotopic (exact) mass is 341 g/mol. The van der Waals surface area contributed by atoms with Gasteiger partial charge < -0.3 is 9.84 Å². The van der Waals surface area contributed by atoms with E-state index >= 15 is 0 Å². The highest BCUT2D eigenvalue weighted by molar-refractivity contribution is 7.89. The Balaban J connectivity index is 2.13. The number of aliphatic hydroxyl groups excluding tert-OH is 1. The summed E-state index contributed by atoms with van der Waals surface area (Å²) in [5.74, 6) is 0.602. The lowest BCUT2D eigenvalue weighted by molar-refractivity contribution is 0.185. The second kappa shape index (κ2) is 6.78. The minimum atomic E-state index is -3.68. The Hall–Kier alpha value is -1.41. The summed E-state index contributed by atoms with van der Waals surface area (Å²) in [6.45, 7) is 3.53. The smallest absolute Gasteiger partial charge is 0.240 e. The number of hydrogen-bond donors (Lipinski definition) is 2. The molecule has 120 valence electrons. The van der Waals surface area contributed by atoms with Crippen LogP contribution < -0.4 is 9.46 Å². The molecule has 1 aromatic carbocycles. The van der Waals surface area contributed by atoms with E-state index in [0.29, 0.717) is 11.3 Å². The van der Waals surface area contributed by atoms with Gasteiger partial charge in [0, 0.05) is 11.4 Å². The Labute approximate surface area is 134 Å². The van der Waals surface area contributed by atoms with E-state index in [1.165, 1.54) is 24.5 Å². The lowest BCUT2D eigenvalue weighted by atomic mass is 10.2. The van der Waals surface area contributed by atoms with E-state index in [1.807, 2.05) is 18.4 Å². The summed E-state index contributed by atoms with van der Waals surface area (Å²) in [7, 11) is -2.15. The van der Waals surface area contributed by atoms with Gasteiger partial charge in [-0.05, 0) is 54.6 Å². The molecule has 2 rings (SSSR count). The SMILES string of the molecule is COc1ccc(S(=O)(=O)NC[C@H](O)c2sccc2C)c(C)c1. The van der Waals surface area contributed by atoms with Crippen LogP contribution in [0, 0.1) is 13.8 Å². The molecule has 0 spiro atoms. The number of rotatable bonds is 6. The molecule has 1 heterocycles. The minimum Gasteiger partial charge on any atom is -0.497 e. The van der Waals surface area contributed by atoms with E-state index in [4.69, 9.17) is 4.74 Å². The molecule has 22 heavy (non-hydrogen) atoms. The third-order valence-electron chi connectivity index (χ3n) is 3.34. The van der Waals surface area contributed by atoms with Crippen LogP contribution in [0.25, 0.3) is 0 Å². The maximum absolute atomic E-state index is 12.4. The standard InChI is InChI=1S/C15H19NO4S2/c1-10-6-7-21-15(10)13(17)9-16-22(18,19)14-5-4-12(20-3)8-11(14)2/h4-8,13,16-17H,9H2,1-3H3/t13-/m0/s1. The quantitative estimate of drug-likeness (QED) is 0.846. The predicted octanol–water partition coefficient (Wildman–Crippen LogP) is 2.39. The first-order chi connectivity index (χ1) is 10.3. The van der Waals surface area contributed by atoms with Gasteiger partial charge in [0.2, 0.25) is 10.0 Å². The van der Waals surface area contributed by atoms with Crippen LogP contribution in [-0.2, 0) is 10.0 Å². The van der Waals surface area contributed by atoms with Gasteiger partial charge in [-0.15, -0.1) is 11.3 Å². The molecule has 0 radical (unpaired) electrons. The highest BCUT2D eigenvalue weighted by Crippen LogP contribution is 2.24. The van der Waals surface area contributed by atoms with Crippen molar-refractivity contribution < 1.29 is 18.3 Å². The van der Waals surface area contributed by atoms with Crippen molar-refractivity contribution in [1.82, 2.24) is 4.72 Å². The second-order valence-electron chi connectivity index (χ2n) is 4.97. The average molecular weight is 341 g/mol. The third kappa shape index (κ3) is 3.67. The van der Waals surface area contributed by atoms with Crippen LogP contribution >= 0.6 is 11.3 Å². The summed E-state index contributed by atoms with van der Waals surface area (Å²) in [6.07, 6.45) is -0.853. The number of benzene rings is 1. The van der Waals surface area contributed by atoms with Gasteiger partial charge >= 0.3 is 0 Å². The molecule has 0 saturated carbocycles. The van der Waals surface area contributed by atoms with E-state index < -0.39 is 16.1 Å². The number of aryl methyl sites for hydroxylation is 2. The topological polar surface area (TPSA) is 75.6 Å². The molecule has 0 aliphatic carbocycles. The Morgan fingerprint density at radius 3 is 2.55 bits per heavy atom. The van der Waals surface area contributed by atoms with E-state index in [1.54, 1.807) is 19.1 Å². The maximum Gasteiger partial charge on any atom is 0.240 e. The van der Waals surface area contributed by atoms with Crippen molar-refractivity contribution in [3.63, 3.8) is 0 Å². The number of nitrogens with one attached hydrogen (secondary N) is 1. The fourth-order valence-electron chi connectivity index (χ4n) is 2.14. The highest BCUT2D eigenvalue weighted by Gasteiger charge is 2.20. The summed E-state index contributed by atoms with van der Waals surface area (Å²) in [4.78, 5) is 0.956. The lowest BCUT2D eigenvalue weighted by Gasteiger charge is -2.14. The van der Waals surface area contributed by atoms with Crippen LogP contribution in [0.2, 0.25) is 0 Å². The van der Waals surface area contributed by atoms with Gasteiger partial charge in [-0.25, -0.2) is 13.1 Å². The Morgan fingerprint density at radius 1 is 1.27 bits per heavy atom. The lowest BCUT2D eigenvalue weighted by Crippen LogP contribution is -2.29. The summed E-state index contributed by atoms with van der Waals surface area (Å²) in [6, 6.07) is 6.65. The molecular formula is C15H19NO4S2. The Kier molecular flexibility index (Phi) is 5.23. The molecule has 7 heteroatoms. The normalized spacial score (nSPS) is 13.1. The van der Waals surface area contributed by atoms with E-state index in [9.17, 15) is 13.5 Å². The first-order valence-electron chi connectivity index (χ1n) is 6.71. The summed E-state index contributed by atoms with van der Waals surface area (Å²) in [5.41, 5.74) is 1.55. The summed E-state index contributed by atoms with van der Waals surface area (Å²) >= 11 is 1.41. The van der Waals surface area contributed by atoms with Crippen LogP contribution in [0.15, 0.2) is 34.5 Å². The van der Waals surface area contributed by atoms with Crippen molar-refractivity contribution in [2.75, 3.05) is 13.7 Å². The number of aliphatic hydroxyl groups is 1. The Bertz CT molecular complexity index is 753. The van der Waals surface area contributed by atoms with Gasteiger partial charge in [-0.3, -0.25) is 0 Å². The molecule has 5 nitrogen and oxygen atoms in total. The first-order valence-corrected chi connectivity index (χ1v) is 9.08. The average Bonchev–Trinajstić information content (AvgIpc) is 2.90. The largest absolute Gasteiger partial charge is 0.497 e. The number of hydrogen-bond acceptors (Lipinski definition) is 5. The van der Waals surface area contributed by atoms with Crippen LogP contribution in [0.4, 0.5) is 0 Å². The molecule has 0 fully saturated rings. The second-order valence-corrected chi connectivity index (χ2v) is 7.65. The third-order valence-corrected chi connectivity index (χ3v) is 6.05. The molecule has 0 amide bonds. The zero-order valence-corrected chi connectivity index (χ0v) is 14.3. The van der Waals surface area contributed by atoms with Gasteiger partial charge in [-0.1, -0.05) is 0 Å². The van der Waals surface area contributed by atoms with Crippen LogP contribution in [0.5, 0.6) is 5.75 Å². The number of methoxy groups -OCH3 is 1. The van der Waals surface area contributed by atoms with E-state index in [0.717, 1.165) is 10.4 Å². The fraction of sp³-hybridized carbons (Fsp3) is 0.333. The van der Waals surface area contributed by atoms with Crippen LogP contribution in [-0.4, -0.2) is 27.2 Å². The number of thiophene rings is 1. The summed E-state index contributed by atoms with van der Waals surface area (Å²) < 4.78 is 32.2. The van der Waals surface area contributed by atoms with Gasteiger partial charge in [0.05, 0.1) is 12.0 Å². The molecule has 0 aliphatic heterocycles.